The molecule has 1 atom stereocenters. The van der Waals surface area contributed by atoms with Gasteiger partial charge in [0.25, 0.3) is 0 Å². The summed E-state index contributed by atoms with van der Waals surface area (Å²) in [5.41, 5.74) is 9.04. The van der Waals surface area contributed by atoms with Crippen molar-refractivity contribution in [1.29, 1.82) is 0 Å². The summed E-state index contributed by atoms with van der Waals surface area (Å²) in [6.45, 7) is 8.37. The first kappa shape index (κ1) is 33.3. The summed E-state index contributed by atoms with van der Waals surface area (Å²) in [5, 5.41) is 8.39. The fourth-order valence-electron chi connectivity index (χ4n) is 7.25. The van der Waals surface area contributed by atoms with E-state index in [9.17, 15) is 9.18 Å². The van der Waals surface area contributed by atoms with Gasteiger partial charge >= 0.3 is 6.09 Å². The molecule has 0 aliphatic carbocycles. The summed E-state index contributed by atoms with van der Waals surface area (Å²) in [6, 6.07) is 22.1. The molecule has 3 aromatic carbocycles. The fourth-order valence-corrected chi connectivity index (χ4v) is 7.25. The van der Waals surface area contributed by atoms with Gasteiger partial charge in [0.1, 0.15) is 23.4 Å². The van der Waals surface area contributed by atoms with E-state index in [0.717, 1.165) is 48.0 Å². The molecule has 0 saturated carbocycles. The van der Waals surface area contributed by atoms with Crippen molar-refractivity contribution in [3.05, 3.63) is 120 Å². The fraction of sp³-hybridized carbons (Fsp3) is 0.282. The van der Waals surface area contributed by atoms with Gasteiger partial charge in [0.15, 0.2) is 0 Å². The number of ether oxygens (including phenoxy) is 1. The van der Waals surface area contributed by atoms with Crippen LogP contribution < -0.4 is 9.80 Å². The van der Waals surface area contributed by atoms with Gasteiger partial charge in [-0.25, -0.2) is 23.2 Å². The van der Waals surface area contributed by atoms with E-state index < -0.39 is 12.2 Å². The molecule has 5 heterocycles. The number of benzene rings is 3. The number of imidazole rings is 1. The molecule has 2 saturated heterocycles. The van der Waals surface area contributed by atoms with Gasteiger partial charge in [-0.15, -0.1) is 5.10 Å². The normalized spacial score (nSPS) is 16.6. The van der Waals surface area contributed by atoms with Crippen LogP contribution in [-0.2, 0) is 24.9 Å². The third-order valence-electron chi connectivity index (χ3n) is 10.1. The highest BCUT2D eigenvalue weighted by molar-refractivity contribution is 5.90. The molecule has 2 aliphatic rings. The summed E-state index contributed by atoms with van der Waals surface area (Å²) in [6.07, 6.45) is 4.20. The van der Waals surface area contributed by atoms with Gasteiger partial charge in [-0.2, -0.15) is 0 Å². The van der Waals surface area contributed by atoms with Crippen molar-refractivity contribution in [2.45, 2.75) is 33.0 Å². The van der Waals surface area contributed by atoms with Crippen LogP contribution >= 0.6 is 0 Å². The Balaban J connectivity index is 0.917. The second-order valence-electron chi connectivity index (χ2n) is 13.5. The molecule has 266 valence electrons. The molecule has 2 fully saturated rings. The highest BCUT2D eigenvalue weighted by Crippen LogP contribution is 2.33. The average Bonchev–Trinajstić information content (AvgIpc) is 3.93. The minimum Gasteiger partial charge on any atom is -0.442 e. The summed E-state index contributed by atoms with van der Waals surface area (Å²) in [5.74, 6) is -0.646. The van der Waals surface area contributed by atoms with Gasteiger partial charge in [0.05, 0.1) is 54.6 Å². The first-order valence-electron chi connectivity index (χ1n) is 17.4. The number of anilines is 2. The number of hydrogen-bond donors (Lipinski definition) is 0. The van der Waals surface area contributed by atoms with Crippen molar-refractivity contribution in [3.63, 3.8) is 0 Å². The first-order valence-corrected chi connectivity index (χ1v) is 17.4. The molecule has 0 N–H and O–H groups in total. The van der Waals surface area contributed by atoms with Gasteiger partial charge in [-0.1, -0.05) is 29.5 Å². The number of hydrogen-bond acceptors (Lipinski definition) is 7. The molecule has 52 heavy (non-hydrogen) atoms. The Morgan fingerprint density at radius 3 is 2.40 bits per heavy atom. The molecule has 1 amide bonds. The van der Waals surface area contributed by atoms with E-state index in [1.54, 1.807) is 35.5 Å². The van der Waals surface area contributed by atoms with Crippen LogP contribution in [0.15, 0.2) is 91.5 Å². The predicted molar refractivity (Wildman–Crippen MR) is 194 cm³/mol. The number of halogens is 2. The van der Waals surface area contributed by atoms with Crippen LogP contribution in [0.4, 0.5) is 25.0 Å². The van der Waals surface area contributed by atoms with Gasteiger partial charge in [0.2, 0.25) is 0 Å². The van der Waals surface area contributed by atoms with Crippen LogP contribution in [0.1, 0.15) is 16.8 Å². The van der Waals surface area contributed by atoms with E-state index in [4.69, 9.17) is 4.74 Å². The highest BCUT2D eigenvalue weighted by atomic mass is 19.1. The van der Waals surface area contributed by atoms with Crippen molar-refractivity contribution < 1.29 is 18.3 Å². The summed E-state index contributed by atoms with van der Waals surface area (Å²) < 4.78 is 40.8. The molecule has 3 aromatic heterocycles. The predicted octanol–water partition coefficient (Wildman–Crippen LogP) is 6.38. The standard InChI is InChI=1S/C39H39F2N9O2/c1-26-6-4-5-7-33(26)37-18-28(27(2)50(37)30-10-8-29(40)9-11-30)21-46-14-16-47(17-15-46)36-13-12-31(19-34(36)41)49-23-32(52-39(49)51)22-48-24-35(43-44-48)38-20-42-25-45(38)3/h4-13,18-20,24-25,32H,14-17,21-23H2,1-3H3/t32-/m0/s1. The van der Waals surface area contributed by atoms with Crippen molar-refractivity contribution in [3.8, 4) is 28.3 Å². The van der Waals surface area contributed by atoms with Crippen molar-refractivity contribution >= 4 is 17.5 Å². The number of aryl methyl sites for hydroxylation is 2. The van der Waals surface area contributed by atoms with Gasteiger partial charge in [0, 0.05) is 56.7 Å². The lowest BCUT2D eigenvalue weighted by atomic mass is 10.1. The average molecular weight is 704 g/mol. The molecule has 6 aromatic rings. The maximum Gasteiger partial charge on any atom is 0.414 e. The third kappa shape index (κ3) is 6.43. The number of cyclic esters (lactones) is 1. The molecule has 0 bridgehead atoms. The highest BCUT2D eigenvalue weighted by Gasteiger charge is 2.34. The molecule has 0 radical (unpaired) electrons. The number of piperazine rings is 1. The topological polar surface area (TPSA) is 89.5 Å². The van der Waals surface area contributed by atoms with Crippen molar-refractivity contribution in [2.24, 2.45) is 7.05 Å². The van der Waals surface area contributed by atoms with E-state index >= 15 is 4.39 Å². The SMILES string of the molecule is Cc1ccccc1-c1cc(CN2CCN(c3ccc(N4C[C@H](Cn5cc(-c6cncn6C)nn5)OC4=O)cc3F)CC2)c(C)n1-c1ccc(F)cc1. The zero-order chi connectivity index (χ0) is 35.9. The van der Waals surface area contributed by atoms with E-state index in [1.807, 2.05) is 35.9 Å². The Bertz CT molecular complexity index is 2230. The Labute approximate surface area is 300 Å². The minimum absolute atomic E-state index is 0.266. The number of nitrogens with zero attached hydrogens (tertiary/aromatic N) is 9. The van der Waals surface area contributed by atoms with Crippen LogP contribution in [0.25, 0.3) is 28.3 Å². The number of amides is 1. The molecular weight excluding hydrogens is 664 g/mol. The Hall–Kier alpha value is -5.82. The zero-order valence-corrected chi connectivity index (χ0v) is 29.3. The van der Waals surface area contributed by atoms with Crippen LogP contribution in [0.3, 0.4) is 0 Å². The van der Waals surface area contributed by atoms with Gasteiger partial charge in [-0.3, -0.25) is 9.80 Å². The Morgan fingerprint density at radius 1 is 0.904 bits per heavy atom. The van der Waals surface area contributed by atoms with Gasteiger partial charge in [-0.05, 0) is 73.5 Å². The number of carbonyl (C=O) groups is 1. The lowest BCUT2D eigenvalue weighted by molar-refractivity contribution is 0.129. The van der Waals surface area contributed by atoms with Crippen LogP contribution in [0, 0.1) is 25.5 Å². The summed E-state index contributed by atoms with van der Waals surface area (Å²) >= 11 is 0. The first-order chi connectivity index (χ1) is 25.2. The Kier molecular flexibility index (Phi) is 8.79. The van der Waals surface area contributed by atoms with Crippen molar-refractivity contribution in [2.75, 3.05) is 42.5 Å². The Morgan fingerprint density at radius 2 is 1.67 bits per heavy atom. The lowest BCUT2D eigenvalue weighted by Crippen LogP contribution is -2.46. The number of rotatable bonds is 9. The van der Waals surface area contributed by atoms with E-state index in [2.05, 4.69) is 61.7 Å². The molecule has 2 aliphatic heterocycles. The summed E-state index contributed by atoms with van der Waals surface area (Å²) in [4.78, 5) is 22.8. The smallest absolute Gasteiger partial charge is 0.414 e. The van der Waals surface area contributed by atoms with E-state index in [0.29, 0.717) is 36.7 Å². The van der Waals surface area contributed by atoms with Crippen LogP contribution in [0.2, 0.25) is 0 Å². The third-order valence-corrected chi connectivity index (χ3v) is 10.1. The van der Waals surface area contributed by atoms with Crippen LogP contribution in [0.5, 0.6) is 0 Å². The monoisotopic (exact) mass is 703 g/mol. The molecule has 0 unspecified atom stereocenters. The summed E-state index contributed by atoms with van der Waals surface area (Å²) in [7, 11) is 1.88. The molecule has 0 spiro atoms. The van der Waals surface area contributed by atoms with E-state index in [1.165, 1.54) is 34.2 Å². The zero-order valence-electron chi connectivity index (χ0n) is 29.3. The second-order valence-corrected chi connectivity index (χ2v) is 13.5. The van der Waals surface area contributed by atoms with Crippen molar-refractivity contribution in [1.82, 2.24) is 34.0 Å². The quantitative estimate of drug-likeness (QED) is 0.173. The molecule has 11 nitrogen and oxygen atoms in total. The number of aromatic nitrogens is 6. The molecule has 13 heteroatoms. The maximum atomic E-state index is 15.7. The lowest BCUT2D eigenvalue weighted by Gasteiger charge is -2.36. The van der Waals surface area contributed by atoms with Gasteiger partial charge < -0.3 is 18.8 Å². The largest absolute Gasteiger partial charge is 0.442 e. The minimum atomic E-state index is -0.521. The molecule has 8 rings (SSSR count). The number of carbonyl (C=O) groups excluding carboxylic acids is 1. The molecular formula is C39H39F2N9O2. The maximum absolute atomic E-state index is 15.7. The van der Waals surface area contributed by atoms with Crippen LogP contribution in [-0.4, -0.2) is 78.9 Å². The second kappa shape index (κ2) is 13.7. The van der Waals surface area contributed by atoms with E-state index in [-0.39, 0.29) is 18.2 Å².